The summed E-state index contributed by atoms with van der Waals surface area (Å²) in [6, 6.07) is 15.7. The number of piperidine rings is 1. The van der Waals surface area contributed by atoms with Gasteiger partial charge in [0, 0.05) is 24.3 Å². The number of nitrogens with zero attached hydrogens (tertiary/aromatic N) is 1. The summed E-state index contributed by atoms with van der Waals surface area (Å²) in [4.78, 5) is 23.8. The van der Waals surface area contributed by atoms with Crippen LogP contribution in [0.4, 0.5) is 10.5 Å². The van der Waals surface area contributed by atoms with Crippen molar-refractivity contribution in [2.75, 3.05) is 25.5 Å². The van der Waals surface area contributed by atoms with Crippen LogP contribution in [0.25, 0.3) is 5.70 Å². The summed E-state index contributed by atoms with van der Waals surface area (Å²) in [5.41, 5.74) is 6.58. The molecule has 7 nitrogen and oxygen atoms in total. The Bertz CT molecular complexity index is 987. The molecule has 4 rings (SSSR count). The maximum absolute atomic E-state index is 12.3. The molecular formula is C25H31N3O4. The van der Waals surface area contributed by atoms with E-state index in [0.29, 0.717) is 31.6 Å². The smallest absolute Gasteiger partial charge is 0.430 e. The molecule has 0 aliphatic carbocycles. The van der Waals surface area contributed by atoms with Crippen molar-refractivity contribution >= 4 is 17.5 Å². The van der Waals surface area contributed by atoms with Gasteiger partial charge in [0.05, 0.1) is 12.8 Å². The van der Waals surface area contributed by atoms with Crippen molar-refractivity contribution < 1.29 is 19.2 Å². The lowest BCUT2D eigenvalue weighted by molar-refractivity contribution is -0.153. The number of benzene rings is 2. The predicted molar refractivity (Wildman–Crippen MR) is 124 cm³/mol. The van der Waals surface area contributed by atoms with Crippen molar-refractivity contribution in [3.8, 4) is 5.75 Å². The van der Waals surface area contributed by atoms with Crippen LogP contribution in [-0.2, 0) is 15.1 Å². The third-order valence-electron chi connectivity index (χ3n) is 5.93. The number of carbonyl (C=O) groups is 1. The van der Waals surface area contributed by atoms with Gasteiger partial charge in [-0.25, -0.2) is 4.79 Å². The van der Waals surface area contributed by atoms with E-state index in [1.165, 1.54) is 5.56 Å². The molecule has 0 bridgehead atoms. The molecule has 0 saturated carbocycles. The number of hydroxylamine groups is 3. The highest BCUT2D eigenvalue weighted by Gasteiger charge is 2.39. The van der Waals surface area contributed by atoms with E-state index in [0.717, 1.165) is 17.0 Å². The number of carbonyl (C=O) groups excluding carboxylic acids is 1. The van der Waals surface area contributed by atoms with Gasteiger partial charge in [0.15, 0.2) is 0 Å². The van der Waals surface area contributed by atoms with Crippen LogP contribution in [0, 0.1) is 0 Å². The lowest BCUT2D eigenvalue weighted by Crippen LogP contribution is -2.45. The fraction of sp³-hybridized carbons (Fsp3) is 0.400. The van der Waals surface area contributed by atoms with Crippen LogP contribution < -0.4 is 15.5 Å². The van der Waals surface area contributed by atoms with Gasteiger partial charge in [-0.15, -0.1) is 5.06 Å². The van der Waals surface area contributed by atoms with E-state index in [1.54, 1.807) is 12.2 Å². The minimum Gasteiger partial charge on any atom is -0.497 e. The second-order valence-corrected chi connectivity index (χ2v) is 9.32. The molecule has 2 aliphatic heterocycles. The number of hydrogen-bond acceptors (Lipinski definition) is 6. The van der Waals surface area contributed by atoms with Gasteiger partial charge in [-0.05, 0) is 54.2 Å². The van der Waals surface area contributed by atoms with Gasteiger partial charge in [-0.2, -0.15) is 0 Å². The van der Waals surface area contributed by atoms with E-state index in [4.69, 9.17) is 14.4 Å². The van der Waals surface area contributed by atoms with Crippen LogP contribution >= 0.6 is 0 Å². The molecule has 0 radical (unpaired) electrons. The fourth-order valence-electron chi connectivity index (χ4n) is 3.93. The zero-order valence-corrected chi connectivity index (χ0v) is 19.1. The van der Waals surface area contributed by atoms with Crippen molar-refractivity contribution in [2.45, 2.75) is 44.6 Å². The summed E-state index contributed by atoms with van der Waals surface area (Å²) in [7, 11) is 1.65. The second-order valence-electron chi connectivity index (χ2n) is 9.32. The molecule has 1 spiro atoms. The number of rotatable bonds is 4. The Morgan fingerprint density at radius 2 is 1.84 bits per heavy atom. The number of ether oxygens (including phenoxy) is 1. The number of nitrogens with one attached hydrogen (secondary N) is 2. The standard InChI is InChI=1S/C25H31N3O4/c1-24(2,3)19-8-10-20(11-9-19)26-23(29)31-28-14-12-25(13-15-28)17-22(27-32-25)18-6-5-7-21(16-18)30-4/h5-11,16-17,27H,12-15H2,1-4H3,(H,26,29). The minimum atomic E-state index is -0.484. The summed E-state index contributed by atoms with van der Waals surface area (Å²) < 4.78 is 5.31. The Morgan fingerprint density at radius 1 is 1.12 bits per heavy atom. The molecule has 0 atom stereocenters. The number of hydrogen-bond donors (Lipinski definition) is 2. The van der Waals surface area contributed by atoms with Crippen molar-refractivity contribution in [1.29, 1.82) is 0 Å². The van der Waals surface area contributed by atoms with Crippen LogP contribution in [0.15, 0.2) is 54.6 Å². The summed E-state index contributed by atoms with van der Waals surface area (Å²) >= 11 is 0. The highest BCUT2D eigenvalue weighted by Crippen LogP contribution is 2.35. The van der Waals surface area contributed by atoms with Gasteiger partial charge in [-0.1, -0.05) is 45.0 Å². The Balaban J connectivity index is 1.30. The lowest BCUT2D eigenvalue weighted by atomic mass is 9.87. The first-order chi connectivity index (χ1) is 15.3. The van der Waals surface area contributed by atoms with Gasteiger partial charge in [-0.3, -0.25) is 15.6 Å². The Hall–Kier alpha value is -3.03. The maximum atomic E-state index is 12.3. The van der Waals surface area contributed by atoms with Gasteiger partial charge in [0.2, 0.25) is 0 Å². The molecule has 2 N–H and O–H groups in total. The van der Waals surface area contributed by atoms with E-state index in [1.807, 2.05) is 48.5 Å². The van der Waals surface area contributed by atoms with Crippen LogP contribution in [0.2, 0.25) is 0 Å². The van der Waals surface area contributed by atoms with Crippen molar-refractivity contribution in [3.05, 3.63) is 65.7 Å². The van der Waals surface area contributed by atoms with Gasteiger partial charge in [0.1, 0.15) is 11.4 Å². The SMILES string of the molecule is COc1cccc(C2=CC3(CCN(OC(=O)Nc4ccc(C(C)(C)C)cc4)CC3)ON2)c1. The third-order valence-corrected chi connectivity index (χ3v) is 5.93. The van der Waals surface area contributed by atoms with Crippen LogP contribution in [0.1, 0.15) is 44.7 Å². The molecular weight excluding hydrogens is 406 g/mol. The summed E-state index contributed by atoms with van der Waals surface area (Å²) in [6.07, 6.45) is 3.06. The number of amides is 1. The van der Waals surface area contributed by atoms with Crippen molar-refractivity contribution in [1.82, 2.24) is 10.5 Å². The summed E-state index contributed by atoms with van der Waals surface area (Å²) in [5.74, 6) is 0.799. The van der Waals surface area contributed by atoms with Gasteiger partial charge in [0.25, 0.3) is 0 Å². The molecule has 1 amide bonds. The quantitative estimate of drug-likeness (QED) is 0.711. The monoisotopic (exact) mass is 437 g/mol. The first-order valence-corrected chi connectivity index (χ1v) is 10.9. The zero-order valence-electron chi connectivity index (χ0n) is 19.1. The normalized spacial score (nSPS) is 18.1. The molecule has 1 saturated heterocycles. The van der Waals surface area contributed by atoms with E-state index in [9.17, 15) is 4.79 Å². The minimum absolute atomic E-state index is 0.0703. The third kappa shape index (κ3) is 5.06. The van der Waals surface area contributed by atoms with Crippen molar-refractivity contribution in [2.24, 2.45) is 0 Å². The topological polar surface area (TPSA) is 72.1 Å². The highest BCUT2D eigenvalue weighted by molar-refractivity contribution is 5.84. The van der Waals surface area contributed by atoms with Gasteiger partial charge >= 0.3 is 6.09 Å². The zero-order chi connectivity index (χ0) is 22.8. The molecule has 2 aromatic rings. The molecule has 2 heterocycles. The Morgan fingerprint density at radius 3 is 2.50 bits per heavy atom. The first kappa shape index (κ1) is 22.2. The average Bonchev–Trinajstić information content (AvgIpc) is 3.19. The van der Waals surface area contributed by atoms with E-state index in [2.05, 4.69) is 37.6 Å². The fourth-order valence-corrected chi connectivity index (χ4v) is 3.93. The van der Waals surface area contributed by atoms with Crippen LogP contribution in [0.3, 0.4) is 0 Å². The summed E-state index contributed by atoms with van der Waals surface area (Å²) in [5, 5.41) is 4.48. The van der Waals surface area contributed by atoms with E-state index >= 15 is 0 Å². The van der Waals surface area contributed by atoms with E-state index in [-0.39, 0.29) is 5.41 Å². The molecule has 0 unspecified atom stereocenters. The van der Waals surface area contributed by atoms with E-state index < -0.39 is 11.7 Å². The Kier molecular flexibility index (Phi) is 6.13. The number of anilines is 1. The first-order valence-electron chi connectivity index (χ1n) is 10.9. The lowest BCUT2D eigenvalue weighted by Gasteiger charge is -2.35. The predicted octanol–water partition coefficient (Wildman–Crippen LogP) is 4.87. The van der Waals surface area contributed by atoms with Crippen molar-refractivity contribution in [3.63, 3.8) is 0 Å². The molecule has 1 fully saturated rings. The highest BCUT2D eigenvalue weighted by atomic mass is 16.7. The molecule has 7 heteroatoms. The maximum Gasteiger partial charge on any atom is 0.430 e. The molecule has 32 heavy (non-hydrogen) atoms. The molecule has 2 aromatic carbocycles. The molecule has 0 aromatic heterocycles. The molecule has 2 aliphatic rings. The second kappa shape index (κ2) is 8.84. The number of methoxy groups -OCH3 is 1. The Labute approximate surface area is 189 Å². The average molecular weight is 438 g/mol. The largest absolute Gasteiger partial charge is 0.497 e. The van der Waals surface area contributed by atoms with Gasteiger partial charge < -0.3 is 9.57 Å². The van der Waals surface area contributed by atoms with Crippen LogP contribution in [-0.4, -0.2) is 37.0 Å². The van der Waals surface area contributed by atoms with Crippen LogP contribution in [0.5, 0.6) is 5.75 Å². The molecule has 170 valence electrons. The summed E-state index contributed by atoms with van der Waals surface area (Å²) in [6.45, 7) is 7.64.